The van der Waals surface area contributed by atoms with Gasteiger partial charge in [-0.15, -0.1) is 0 Å². The lowest BCUT2D eigenvalue weighted by molar-refractivity contribution is -0.154. The number of esters is 1. The van der Waals surface area contributed by atoms with Gasteiger partial charge in [-0.05, 0) is 42.3 Å². The molecule has 8 nitrogen and oxygen atoms in total. The van der Waals surface area contributed by atoms with Crippen molar-refractivity contribution in [2.45, 2.75) is 25.4 Å². The number of carbonyl (C=O) groups is 2. The van der Waals surface area contributed by atoms with Crippen molar-refractivity contribution in [3.63, 3.8) is 0 Å². The zero-order chi connectivity index (χ0) is 23.3. The molecule has 0 bridgehead atoms. The lowest BCUT2D eigenvalue weighted by Crippen LogP contribution is -3.00. The largest absolute Gasteiger partial charge is 1.00 e. The van der Waals surface area contributed by atoms with Crippen LogP contribution in [-0.2, 0) is 14.3 Å². The normalized spacial score (nSPS) is 19.8. The van der Waals surface area contributed by atoms with Crippen molar-refractivity contribution in [3.8, 4) is 23.0 Å². The van der Waals surface area contributed by atoms with Gasteiger partial charge in [-0.25, -0.2) is 0 Å². The van der Waals surface area contributed by atoms with Crippen molar-refractivity contribution in [1.82, 2.24) is 5.32 Å². The molecule has 33 heavy (non-hydrogen) atoms. The molecular weight excluding hydrogens is 450 g/mol. The molecule has 3 rings (SSSR count). The Bertz CT molecular complexity index is 981. The van der Waals surface area contributed by atoms with E-state index < -0.39 is 17.9 Å². The van der Waals surface area contributed by atoms with E-state index in [4.69, 9.17) is 23.7 Å². The molecule has 3 unspecified atom stereocenters. The fourth-order valence-electron chi connectivity index (χ4n) is 4.00. The summed E-state index contributed by atoms with van der Waals surface area (Å²) in [6.45, 7) is 1.91. The maximum atomic E-state index is 13.2. The lowest BCUT2D eigenvalue weighted by atomic mass is 9.80. The SMILES string of the molecule is CCOC(=O)C1C(=O)CC(c2ccc(OC)c(OC)c2)NC1c1ccc(OC)c(OC)c1.[Cl-]. The molecule has 1 heterocycles. The quantitative estimate of drug-likeness (QED) is 0.426. The average molecular weight is 479 g/mol. The highest BCUT2D eigenvalue weighted by Crippen LogP contribution is 2.40. The highest BCUT2D eigenvalue weighted by molar-refractivity contribution is 6.01. The van der Waals surface area contributed by atoms with E-state index in [1.54, 1.807) is 46.5 Å². The monoisotopic (exact) mass is 478 g/mol. The fourth-order valence-corrected chi connectivity index (χ4v) is 4.00. The number of ketones is 1. The van der Waals surface area contributed by atoms with Gasteiger partial charge >= 0.3 is 5.97 Å². The molecule has 1 saturated heterocycles. The third-order valence-corrected chi connectivity index (χ3v) is 5.58. The number of piperidine rings is 1. The molecule has 0 aromatic heterocycles. The summed E-state index contributed by atoms with van der Waals surface area (Å²) in [6, 6.07) is 9.91. The van der Waals surface area contributed by atoms with E-state index in [-0.39, 0.29) is 37.3 Å². The zero-order valence-corrected chi connectivity index (χ0v) is 20.1. The van der Waals surface area contributed by atoms with Gasteiger partial charge < -0.3 is 41.4 Å². The number of rotatable bonds is 8. The Hall–Kier alpha value is -2.97. The van der Waals surface area contributed by atoms with Crippen LogP contribution in [0.1, 0.15) is 36.6 Å². The number of nitrogens with one attached hydrogen (secondary N) is 1. The molecule has 0 radical (unpaired) electrons. The van der Waals surface area contributed by atoms with Crippen LogP contribution in [0.15, 0.2) is 36.4 Å². The highest BCUT2D eigenvalue weighted by atomic mass is 35.5. The van der Waals surface area contributed by atoms with Crippen LogP contribution >= 0.6 is 0 Å². The smallest absolute Gasteiger partial charge is 0.318 e. The maximum absolute atomic E-state index is 13.2. The van der Waals surface area contributed by atoms with Crippen LogP contribution in [0.4, 0.5) is 0 Å². The van der Waals surface area contributed by atoms with E-state index in [1.165, 1.54) is 7.11 Å². The molecule has 180 valence electrons. The van der Waals surface area contributed by atoms with Gasteiger partial charge in [0.1, 0.15) is 5.92 Å². The van der Waals surface area contributed by atoms with Crippen LogP contribution in [-0.4, -0.2) is 46.8 Å². The van der Waals surface area contributed by atoms with Crippen molar-refractivity contribution < 1.29 is 45.7 Å². The molecule has 0 saturated carbocycles. The minimum atomic E-state index is -0.968. The highest BCUT2D eigenvalue weighted by Gasteiger charge is 2.43. The summed E-state index contributed by atoms with van der Waals surface area (Å²) in [5.41, 5.74) is 1.57. The van der Waals surface area contributed by atoms with Crippen LogP contribution in [0.25, 0.3) is 0 Å². The van der Waals surface area contributed by atoms with Gasteiger partial charge in [0, 0.05) is 12.5 Å². The molecule has 0 amide bonds. The van der Waals surface area contributed by atoms with Gasteiger partial charge in [0.25, 0.3) is 0 Å². The Kier molecular flexibility index (Phi) is 9.37. The molecule has 2 aromatic carbocycles. The zero-order valence-electron chi connectivity index (χ0n) is 19.3. The summed E-state index contributed by atoms with van der Waals surface area (Å²) in [4.78, 5) is 25.9. The van der Waals surface area contributed by atoms with Gasteiger partial charge in [0.05, 0.1) is 41.1 Å². The Morgan fingerprint density at radius 1 is 0.879 bits per heavy atom. The first-order chi connectivity index (χ1) is 15.5. The second-order valence-corrected chi connectivity index (χ2v) is 7.33. The third-order valence-electron chi connectivity index (χ3n) is 5.58. The van der Waals surface area contributed by atoms with Crippen molar-refractivity contribution in [2.75, 3.05) is 35.0 Å². The van der Waals surface area contributed by atoms with Crippen molar-refractivity contribution in [3.05, 3.63) is 47.5 Å². The number of Topliss-reactive ketones (excluding diaryl/α,β-unsaturated/α-hetero) is 1. The molecule has 9 heteroatoms. The number of benzene rings is 2. The summed E-state index contributed by atoms with van der Waals surface area (Å²) in [5, 5.41) is 3.47. The Labute approximate surface area is 199 Å². The average Bonchev–Trinajstić information content (AvgIpc) is 2.82. The number of halogens is 1. The molecular formula is C24H29ClNO7-. The van der Waals surface area contributed by atoms with Gasteiger partial charge in [0.15, 0.2) is 28.8 Å². The molecule has 1 aliphatic heterocycles. The third kappa shape index (κ3) is 5.51. The second-order valence-electron chi connectivity index (χ2n) is 7.33. The maximum Gasteiger partial charge on any atom is 0.318 e. The molecule has 0 aliphatic carbocycles. The first kappa shape index (κ1) is 26.3. The van der Waals surface area contributed by atoms with Gasteiger partial charge in [0.2, 0.25) is 0 Å². The minimum absolute atomic E-state index is 0. The lowest BCUT2D eigenvalue weighted by Gasteiger charge is -2.36. The Morgan fingerprint density at radius 2 is 1.39 bits per heavy atom. The van der Waals surface area contributed by atoms with Gasteiger partial charge in [-0.3, -0.25) is 9.59 Å². The number of carbonyl (C=O) groups excluding carboxylic acids is 2. The topological polar surface area (TPSA) is 92.3 Å². The molecule has 3 atom stereocenters. The summed E-state index contributed by atoms with van der Waals surface area (Å²) >= 11 is 0. The van der Waals surface area contributed by atoms with Gasteiger partial charge in [-0.1, -0.05) is 12.1 Å². The first-order valence-corrected chi connectivity index (χ1v) is 10.4. The van der Waals surface area contributed by atoms with E-state index in [0.717, 1.165) is 11.1 Å². The van der Waals surface area contributed by atoms with Crippen LogP contribution in [0.2, 0.25) is 0 Å². The Balaban J connectivity index is 0.00000385. The summed E-state index contributed by atoms with van der Waals surface area (Å²) in [5.74, 6) is 0.521. The molecule has 0 spiro atoms. The molecule has 1 fully saturated rings. The van der Waals surface area contributed by atoms with Crippen LogP contribution in [0.3, 0.4) is 0 Å². The van der Waals surface area contributed by atoms with Crippen LogP contribution in [0.5, 0.6) is 23.0 Å². The van der Waals surface area contributed by atoms with Crippen LogP contribution in [0, 0.1) is 5.92 Å². The van der Waals surface area contributed by atoms with E-state index in [2.05, 4.69) is 5.32 Å². The Morgan fingerprint density at radius 3 is 1.91 bits per heavy atom. The molecule has 1 N–H and O–H groups in total. The minimum Gasteiger partial charge on any atom is -1.00 e. The van der Waals surface area contributed by atoms with Crippen LogP contribution < -0.4 is 36.7 Å². The number of hydrogen-bond donors (Lipinski definition) is 1. The predicted molar refractivity (Wildman–Crippen MR) is 117 cm³/mol. The summed E-state index contributed by atoms with van der Waals surface area (Å²) in [6.07, 6.45) is 0.142. The van der Waals surface area contributed by atoms with Crippen molar-refractivity contribution in [1.29, 1.82) is 0 Å². The molecule has 2 aromatic rings. The second kappa shape index (κ2) is 11.8. The first-order valence-electron chi connectivity index (χ1n) is 10.4. The number of hydrogen-bond acceptors (Lipinski definition) is 8. The predicted octanol–water partition coefficient (Wildman–Crippen LogP) is 0.249. The van der Waals surface area contributed by atoms with Crippen molar-refractivity contribution >= 4 is 11.8 Å². The number of methoxy groups -OCH3 is 4. The fraction of sp³-hybridized carbons (Fsp3) is 0.417. The van der Waals surface area contributed by atoms with Gasteiger partial charge in [-0.2, -0.15) is 0 Å². The number of ether oxygens (including phenoxy) is 5. The standard InChI is InChI=1S/C24H29NO7.ClH/c1-6-32-24(27)22-17(26)13-16(14-7-9-18(28-2)20(11-14)30-4)25-23(22)15-8-10-19(29-3)21(12-15)31-5;/h7-12,16,22-23,25H,6,13H2,1-5H3;1H/p-1. The van der Waals surface area contributed by atoms with E-state index >= 15 is 0 Å². The van der Waals surface area contributed by atoms with E-state index in [1.807, 2.05) is 18.2 Å². The molecule has 1 aliphatic rings. The summed E-state index contributed by atoms with van der Waals surface area (Å²) < 4.78 is 26.7. The van der Waals surface area contributed by atoms with E-state index in [0.29, 0.717) is 23.0 Å². The van der Waals surface area contributed by atoms with Crippen molar-refractivity contribution in [2.24, 2.45) is 5.92 Å². The summed E-state index contributed by atoms with van der Waals surface area (Å²) in [7, 11) is 6.21. The van der Waals surface area contributed by atoms with E-state index in [9.17, 15) is 9.59 Å².